The van der Waals surface area contributed by atoms with Crippen LogP contribution in [0.3, 0.4) is 0 Å². The van der Waals surface area contributed by atoms with Gasteiger partial charge in [-0.25, -0.2) is 9.18 Å². The Balaban J connectivity index is 1.97. The molecule has 4 nitrogen and oxygen atoms in total. The van der Waals surface area contributed by atoms with E-state index in [1.54, 1.807) is 26.8 Å². The molecule has 1 aromatic carbocycles. The molecule has 1 amide bonds. The zero-order valence-corrected chi connectivity index (χ0v) is 13.7. The molecular weight excluding hydrogens is 341 g/mol. The lowest BCUT2D eigenvalue weighted by atomic mass is 9.91. The Kier molecular flexibility index (Phi) is 4.37. The average molecular weight is 358 g/mol. The Labute approximate surface area is 131 Å². The molecule has 6 heteroatoms. The van der Waals surface area contributed by atoms with Gasteiger partial charge in [-0.1, -0.05) is 15.9 Å². The number of hydrogen-bond donors (Lipinski definition) is 0. The predicted molar refractivity (Wildman–Crippen MR) is 79.7 cm³/mol. The molecule has 1 saturated heterocycles. The quantitative estimate of drug-likeness (QED) is 0.759. The fraction of sp³-hybridized carbons (Fsp3) is 0.467. The highest BCUT2D eigenvalue weighted by molar-refractivity contribution is 9.10. The number of likely N-dealkylation sites (tertiary alicyclic amines) is 1. The second-order valence-corrected chi connectivity index (χ2v) is 6.99. The van der Waals surface area contributed by atoms with E-state index in [1.165, 1.54) is 17.0 Å². The summed E-state index contributed by atoms with van der Waals surface area (Å²) in [6, 6.07) is 4.26. The normalized spacial score (nSPS) is 15.6. The number of benzene rings is 1. The van der Waals surface area contributed by atoms with E-state index in [0.717, 1.165) is 0 Å². The first-order valence-electron chi connectivity index (χ1n) is 6.64. The fourth-order valence-corrected chi connectivity index (χ4v) is 2.39. The second-order valence-electron chi connectivity index (χ2n) is 6.07. The minimum absolute atomic E-state index is 0.0539. The Bertz CT molecular complexity index is 577. The molecule has 0 N–H and O–H groups in total. The Morgan fingerprint density at radius 1 is 1.33 bits per heavy atom. The van der Waals surface area contributed by atoms with Crippen LogP contribution in [0.2, 0.25) is 0 Å². The van der Waals surface area contributed by atoms with Crippen molar-refractivity contribution in [2.45, 2.75) is 26.4 Å². The van der Waals surface area contributed by atoms with Gasteiger partial charge in [0.05, 0.1) is 11.5 Å². The Hall–Kier alpha value is -1.43. The number of carbonyl (C=O) groups excluding carboxylic acids is 2. The van der Waals surface area contributed by atoms with E-state index in [9.17, 15) is 14.0 Å². The van der Waals surface area contributed by atoms with Gasteiger partial charge >= 0.3 is 6.09 Å². The zero-order valence-electron chi connectivity index (χ0n) is 12.2. The zero-order chi connectivity index (χ0) is 15.8. The van der Waals surface area contributed by atoms with Crippen molar-refractivity contribution >= 4 is 27.8 Å². The lowest BCUT2D eigenvalue weighted by Gasteiger charge is -2.38. The van der Waals surface area contributed by atoms with E-state index in [0.29, 0.717) is 4.47 Å². The number of Topliss-reactive ketones (excluding diaryl/α,β-unsaturated/α-hetero) is 1. The van der Waals surface area contributed by atoms with Gasteiger partial charge in [-0.3, -0.25) is 4.79 Å². The summed E-state index contributed by atoms with van der Waals surface area (Å²) in [7, 11) is 0. The Morgan fingerprint density at radius 3 is 2.52 bits per heavy atom. The maximum absolute atomic E-state index is 13.7. The molecule has 21 heavy (non-hydrogen) atoms. The third-order valence-electron chi connectivity index (χ3n) is 3.10. The molecule has 0 bridgehead atoms. The van der Waals surface area contributed by atoms with Gasteiger partial charge in [-0.2, -0.15) is 0 Å². The van der Waals surface area contributed by atoms with Crippen LogP contribution >= 0.6 is 15.9 Å². The molecular formula is C15H17BrFNO3. The van der Waals surface area contributed by atoms with Gasteiger partial charge in [0.15, 0.2) is 5.78 Å². The van der Waals surface area contributed by atoms with Crippen LogP contribution in [0.25, 0.3) is 0 Å². The third-order valence-corrected chi connectivity index (χ3v) is 3.59. The van der Waals surface area contributed by atoms with Crippen molar-refractivity contribution in [1.29, 1.82) is 0 Å². The van der Waals surface area contributed by atoms with Crippen molar-refractivity contribution in [2.24, 2.45) is 5.92 Å². The minimum atomic E-state index is -0.567. The SMILES string of the molecule is CC(C)(C)OC(=O)N1CC(C(=O)c2cc(Br)ccc2F)C1. The molecule has 1 aliphatic heterocycles. The third kappa shape index (κ3) is 3.81. The van der Waals surface area contributed by atoms with Crippen LogP contribution in [0.1, 0.15) is 31.1 Å². The second kappa shape index (κ2) is 5.75. The summed E-state index contributed by atoms with van der Waals surface area (Å²) in [6.07, 6.45) is -0.443. The number of rotatable bonds is 2. The van der Waals surface area contributed by atoms with Crippen molar-refractivity contribution in [3.05, 3.63) is 34.1 Å². The lowest BCUT2D eigenvalue weighted by molar-refractivity contribution is 0.00144. The van der Waals surface area contributed by atoms with Gasteiger partial charge < -0.3 is 9.64 Å². The number of halogens is 2. The molecule has 0 aromatic heterocycles. The van der Waals surface area contributed by atoms with Crippen LogP contribution in [0, 0.1) is 11.7 Å². The first-order chi connectivity index (χ1) is 9.67. The standard InChI is InChI=1S/C15H17BrFNO3/c1-15(2,3)21-14(20)18-7-9(8-18)13(19)11-6-10(16)4-5-12(11)17/h4-6,9H,7-8H2,1-3H3. The largest absolute Gasteiger partial charge is 0.444 e. The molecule has 1 heterocycles. The van der Waals surface area contributed by atoms with Crippen LogP contribution in [0.4, 0.5) is 9.18 Å². The van der Waals surface area contributed by atoms with Gasteiger partial charge in [-0.15, -0.1) is 0 Å². The highest BCUT2D eigenvalue weighted by Gasteiger charge is 2.38. The molecule has 0 unspecified atom stereocenters. The first kappa shape index (κ1) is 15.9. The number of carbonyl (C=O) groups is 2. The van der Waals surface area contributed by atoms with Crippen LogP contribution in [-0.4, -0.2) is 35.5 Å². The van der Waals surface area contributed by atoms with Gasteiger partial charge in [0, 0.05) is 17.6 Å². The molecule has 2 rings (SSSR count). The summed E-state index contributed by atoms with van der Waals surface area (Å²) < 4.78 is 19.5. The van der Waals surface area contributed by atoms with Crippen LogP contribution in [0.15, 0.2) is 22.7 Å². The van der Waals surface area contributed by atoms with Gasteiger partial charge in [-0.05, 0) is 39.0 Å². The number of hydrogen-bond acceptors (Lipinski definition) is 3. The molecule has 1 aliphatic rings. The van der Waals surface area contributed by atoms with E-state index in [-0.39, 0.29) is 30.4 Å². The van der Waals surface area contributed by atoms with Gasteiger partial charge in [0.2, 0.25) is 0 Å². The molecule has 0 atom stereocenters. The topological polar surface area (TPSA) is 46.6 Å². The predicted octanol–water partition coefficient (Wildman–Crippen LogP) is 3.64. The highest BCUT2D eigenvalue weighted by atomic mass is 79.9. The minimum Gasteiger partial charge on any atom is -0.444 e. The number of amides is 1. The van der Waals surface area contributed by atoms with Crippen molar-refractivity contribution in [2.75, 3.05) is 13.1 Å². The van der Waals surface area contributed by atoms with E-state index >= 15 is 0 Å². The number of ketones is 1. The summed E-state index contributed by atoms with van der Waals surface area (Å²) >= 11 is 3.22. The molecule has 114 valence electrons. The molecule has 0 saturated carbocycles. The molecule has 0 spiro atoms. The summed E-state index contributed by atoms with van der Waals surface area (Å²) in [5.74, 6) is -1.20. The van der Waals surface area contributed by atoms with E-state index in [2.05, 4.69) is 15.9 Å². The summed E-state index contributed by atoms with van der Waals surface area (Å²) in [5.41, 5.74) is -0.513. The molecule has 0 aliphatic carbocycles. The first-order valence-corrected chi connectivity index (χ1v) is 7.44. The molecule has 1 fully saturated rings. The van der Waals surface area contributed by atoms with Crippen molar-refractivity contribution in [1.82, 2.24) is 4.90 Å². The van der Waals surface area contributed by atoms with E-state index < -0.39 is 17.5 Å². The van der Waals surface area contributed by atoms with Crippen LogP contribution in [0.5, 0.6) is 0 Å². The number of nitrogens with zero attached hydrogens (tertiary/aromatic N) is 1. The average Bonchev–Trinajstić information content (AvgIpc) is 2.27. The lowest BCUT2D eigenvalue weighted by Crippen LogP contribution is -2.54. The smallest absolute Gasteiger partial charge is 0.410 e. The highest BCUT2D eigenvalue weighted by Crippen LogP contribution is 2.25. The van der Waals surface area contributed by atoms with Crippen LogP contribution in [-0.2, 0) is 4.74 Å². The van der Waals surface area contributed by atoms with Crippen molar-refractivity contribution < 1.29 is 18.7 Å². The van der Waals surface area contributed by atoms with Crippen molar-refractivity contribution in [3.63, 3.8) is 0 Å². The van der Waals surface area contributed by atoms with E-state index in [1.807, 2.05) is 0 Å². The Morgan fingerprint density at radius 2 is 1.95 bits per heavy atom. The fourth-order valence-electron chi connectivity index (χ4n) is 2.03. The monoisotopic (exact) mass is 357 g/mol. The summed E-state index contributed by atoms with van der Waals surface area (Å²) in [5, 5.41) is 0. The van der Waals surface area contributed by atoms with Gasteiger partial charge in [0.1, 0.15) is 11.4 Å². The number of ether oxygens (including phenoxy) is 1. The summed E-state index contributed by atoms with van der Waals surface area (Å²) in [4.78, 5) is 25.4. The van der Waals surface area contributed by atoms with Gasteiger partial charge in [0.25, 0.3) is 0 Å². The maximum Gasteiger partial charge on any atom is 0.410 e. The molecule has 1 aromatic rings. The van der Waals surface area contributed by atoms with Crippen molar-refractivity contribution in [3.8, 4) is 0 Å². The molecule has 0 radical (unpaired) electrons. The van der Waals surface area contributed by atoms with E-state index in [4.69, 9.17) is 4.74 Å². The van der Waals surface area contributed by atoms with Crippen LogP contribution < -0.4 is 0 Å². The maximum atomic E-state index is 13.7. The summed E-state index contributed by atoms with van der Waals surface area (Å²) in [6.45, 7) is 5.87.